The van der Waals surface area contributed by atoms with Crippen molar-refractivity contribution in [3.05, 3.63) is 35.4 Å². The Morgan fingerprint density at radius 2 is 1.86 bits per heavy atom. The highest BCUT2D eigenvalue weighted by molar-refractivity contribution is 5.18. The van der Waals surface area contributed by atoms with E-state index in [0.717, 1.165) is 11.6 Å². The molecular formula is C11H15F2N. The van der Waals surface area contributed by atoms with Gasteiger partial charge < -0.3 is 5.73 Å². The Morgan fingerprint density at radius 3 is 2.36 bits per heavy atom. The van der Waals surface area contributed by atoms with Gasteiger partial charge in [0.25, 0.3) is 0 Å². The Kier molecular flexibility index (Phi) is 3.58. The van der Waals surface area contributed by atoms with Gasteiger partial charge in [-0.3, -0.25) is 0 Å². The highest BCUT2D eigenvalue weighted by Gasteiger charge is 2.10. The van der Waals surface area contributed by atoms with Crippen LogP contribution in [0.2, 0.25) is 0 Å². The fourth-order valence-corrected chi connectivity index (χ4v) is 1.22. The number of hydrogen-bond acceptors (Lipinski definition) is 1. The van der Waals surface area contributed by atoms with Crippen molar-refractivity contribution in [2.75, 3.05) is 0 Å². The summed E-state index contributed by atoms with van der Waals surface area (Å²) in [5.74, 6) is -1.33. The van der Waals surface area contributed by atoms with Gasteiger partial charge in [0.15, 0.2) is 11.6 Å². The van der Waals surface area contributed by atoms with Crippen LogP contribution in [-0.2, 0) is 6.42 Å². The van der Waals surface area contributed by atoms with E-state index < -0.39 is 11.6 Å². The highest BCUT2D eigenvalue weighted by atomic mass is 19.2. The van der Waals surface area contributed by atoms with Crippen LogP contribution in [0.15, 0.2) is 18.2 Å². The van der Waals surface area contributed by atoms with Gasteiger partial charge in [-0.15, -0.1) is 0 Å². The van der Waals surface area contributed by atoms with Crippen LogP contribution in [0.3, 0.4) is 0 Å². The molecule has 0 radical (unpaired) electrons. The minimum Gasteiger partial charge on any atom is -0.328 e. The van der Waals surface area contributed by atoms with Crippen LogP contribution in [0.5, 0.6) is 0 Å². The van der Waals surface area contributed by atoms with E-state index in [1.54, 1.807) is 6.07 Å². The monoisotopic (exact) mass is 199 g/mol. The second-order valence-electron chi connectivity index (χ2n) is 3.79. The molecule has 2 unspecified atom stereocenters. The molecule has 0 saturated carbocycles. The quantitative estimate of drug-likeness (QED) is 0.795. The third-order valence-corrected chi connectivity index (χ3v) is 2.44. The Balaban J connectivity index is 2.73. The van der Waals surface area contributed by atoms with Gasteiger partial charge in [-0.2, -0.15) is 0 Å². The minimum absolute atomic E-state index is 0.0584. The van der Waals surface area contributed by atoms with Crippen LogP contribution in [0.4, 0.5) is 8.78 Å². The van der Waals surface area contributed by atoms with E-state index in [-0.39, 0.29) is 12.0 Å². The van der Waals surface area contributed by atoms with Crippen molar-refractivity contribution < 1.29 is 8.78 Å². The second-order valence-corrected chi connectivity index (χ2v) is 3.79. The molecule has 2 N–H and O–H groups in total. The average Bonchev–Trinajstić information content (AvgIpc) is 2.11. The number of nitrogens with two attached hydrogens (primary N) is 1. The molecule has 1 aromatic rings. The molecule has 3 heteroatoms. The topological polar surface area (TPSA) is 26.0 Å². The van der Waals surface area contributed by atoms with Gasteiger partial charge in [0, 0.05) is 6.04 Å². The van der Waals surface area contributed by atoms with Gasteiger partial charge >= 0.3 is 0 Å². The smallest absolute Gasteiger partial charge is 0.159 e. The molecule has 0 saturated heterocycles. The summed E-state index contributed by atoms with van der Waals surface area (Å²) in [6.07, 6.45) is 0.675. The van der Waals surface area contributed by atoms with E-state index in [4.69, 9.17) is 5.73 Å². The summed E-state index contributed by atoms with van der Waals surface area (Å²) in [5.41, 5.74) is 6.47. The van der Waals surface area contributed by atoms with Crippen LogP contribution in [0, 0.1) is 17.6 Å². The van der Waals surface area contributed by atoms with Gasteiger partial charge in [-0.05, 0) is 37.0 Å². The van der Waals surface area contributed by atoms with Crippen LogP contribution in [0.1, 0.15) is 19.4 Å². The average molecular weight is 199 g/mol. The molecule has 0 aliphatic rings. The minimum atomic E-state index is -0.804. The van der Waals surface area contributed by atoms with E-state index in [0.29, 0.717) is 6.42 Å². The molecule has 1 nitrogen and oxygen atoms in total. The van der Waals surface area contributed by atoms with Crippen LogP contribution in [-0.4, -0.2) is 6.04 Å². The maximum absolute atomic E-state index is 12.8. The summed E-state index contributed by atoms with van der Waals surface area (Å²) in [6.45, 7) is 3.90. The van der Waals surface area contributed by atoms with E-state index in [1.807, 2.05) is 13.8 Å². The molecule has 78 valence electrons. The lowest BCUT2D eigenvalue weighted by molar-refractivity contribution is 0.474. The normalized spacial score (nSPS) is 15.2. The zero-order chi connectivity index (χ0) is 10.7. The van der Waals surface area contributed by atoms with Crippen molar-refractivity contribution in [1.82, 2.24) is 0 Å². The zero-order valence-electron chi connectivity index (χ0n) is 8.43. The molecule has 0 spiro atoms. The number of hydrogen-bond donors (Lipinski definition) is 1. The number of rotatable bonds is 3. The second kappa shape index (κ2) is 4.51. The van der Waals surface area contributed by atoms with E-state index in [2.05, 4.69) is 0 Å². The lowest BCUT2D eigenvalue weighted by Crippen LogP contribution is -2.25. The first-order chi connectivity index (χ1) is 6.50. The van der Waals surface area contributed by atoms with E-state index in [1.165, 1.54) is 6.07 Å². The zero-order valence-corrected chi connectivity index (χ0v) is 8.43. The van der Waals surface area contributed by atoms with Gasteiger partial charge in [0.2, 0.25) is 0 Å². The molecule has 2 atom stereocenters. The van der Waals surface area contributed by atoms with Crippen molar-refractivity contribution >= 4 is 0 Å². The van der Waals surface area contributed by atoms with Crippen LogP contribution < -0.4 is 5.73 Å². The van der Waals surface area contributed by atoms with Gasteiger partial charge in [0.05, 0.1) is 0 Å². The van der Waals surface area contributed by atoms with Gasteiger partial charge in [-0.25, -0.2) is 8.78 Å². The van der Waals surface area contributed by atoms with Gasteiger partial charge in [0.1, 0.15) is 0 Å². The maximum atomic E-state index is 12.8. The third kappa shape index (κ3) is 2.77. The van der Waals surface area contributed by atoms with Crippen molar-refractivity contribution in [2.45, 2.75) is 26.3 Å². The molecule has 1 rings (SSSR count). The molecule has 0 aliphatic heterocycles. The Morgan fingerprint density at radius 1 is 1.21 bits per heavy atom. The lowest BCUT2D eigenvalue weighted by Gasteiger charge is -2.15. The molecule has 0 heterocycles. The predicted molar refractivity (Wildman–Crippen MR) is 52.9 cm³/mol. The van der Waals surface area contributed by atoms with Crippen molar-refractivity contribution in [3.63, 3.8) is 0 Å². The number of halogens is 2. The molecule has 1 aromatic carbocycles. The van der Waals surface area contributed by atoms with Crippen molar-refractivity contribution in [1.29, 1.82) is 0 Å². The predicted octanol–water partition coefficient (Wildman–Crippen LogP) is 2.49. The summed E-state index contributed by atoms with van der Waals surface area (Å²) in [5, 5.41) is 0. The molecule has 14 heavy (non-hydrogen) atoms. The van der Waals surface area contributed by atoms with Gasteiger partial charge in [-0.1, -0.05) is 13.0 Å². The Bertz CT molecular complexity index is 310. The SMILES string of the molecule is CC(N)C(C)Cc1ccc(F)c(F)c1. The first-order valence-corrected chi connectivity index (χ1v) is 4.70. The standard InChI is InChI=1S/C11H15F2N/c1-7(8(2)14)5-9-3-4-10(12)11(13)6-9/h3-4,6-8H,5,14H2,1-2H3. The third-order valence-electron chi connectivity index (χ3n) is 2.44. The highest BCUT2D eigenvalue weighted by Crippen LogP contribution is 2.14. The van der Waals surface area contributed by atoms with Crippen molar-refractivity contribution in [2.24, 2.45) is 11.7 Å². The summed E-state index contributed by atoms with van der Waals surface area (Å²) in [4.78, 5) is 0. The van der Waals surface area contributed by atoms with Crippen LogP contribution in [0.25, 0.3) is 0 Å². The largest absolute Gasteiger partial charge is 0.328 e. The summed E-state index contributed by atoms with van der Waals surface area (Å²) in [7, 11) is 0. The molecule has 0 bridgehead atoms. The number of benzene rings is 1. The lowest BCUT2D eigenvalue weighted by atomic mass is 9.95. The molecule has 0 amide bonds. The summed E-state index contributed by atoms with van der Waals surface area (Å²) >= 11 is 0. The summed E-state index contributed by atoms with van der Waals surface area (Å²) in [6, 6.07) is 4.03. The Hall–Kier alpha value is -0.960. The fraction of sp³-hybridized carbons (Fsp3) is 0.455. The maximum Gasteiger partial charge on any atom is 0.159 e. The first kappa shape index (κ1) is 11.1. The van der Waals surface area contributed by atoms with E-state index in [9.17, 15) is 8.78 Å². The molecular weight excluding hydrogens is 184 g/mol. The van der Waals surface area contributed by atoms with E-state index >= 15 is 0 Å². The summed E-state index contributed by atoms with van der Waals surface area (Å²) < 4.78 is 25.4. The fourth-order valence-electron chi connectivity index (χ4n) is 1.22. The van der Waals surface area contributed by atoms with Crippen molar-refractivity contribution in [3.8, 4) is 0 Å². The first-order valence-electron chi connectivity index (χ1n) is 4.70. The molecule has 0 aliphatic carbocycles. The molecule has 0 fully saturated rings. The Labute approximate surface area is 82.9 Å². The van der Waals surface area contributed by atoms with Crippen LogP contribution >= 0.6 is 0 Å². The molecule has 0 aromatic heterocycles.